The van der Waals surface area contributed by atoms with Crippen LogP contribution in [0.15, 0.2) is 41.8 Å². The molecule has 1 aliphatic carbocycles. The van der Waals surface area contributed by atoms with Crippen molar-refractivity contribution in [2.75, 3.05) is 0 Å². The van der Waals surface area contributed by atoms with E-state index in [0.29, 0.717) is 0 Å². The molecule has 76 valence electrons. The molecule has 0 saturated heterocycles. The third-order valence-electron chi connectivity index (χ3n) is 3.29. The highest BCUT2D eigenvalue weighted by Crippen LogP contribution is 2.34. The summed E-state index contributed by atoms with van der Waals surface area (Å²) in [5, 5.41) is 2.19. The Morgan fingerprint density at radius 3 is 2.67 bits per heavy atom. The fourth-order valence-electron chi connectivity index (χ4n) is 2.46. The van der Waals surface area contributed by atoms with Crippen LogP contribution in [0.1, 0.15) is 28.3 Å². The third-order valence-corrected chi connectivity index (χ3v) is 4.33. The SMILES string of the molecule is c1csc(C2CCc3ccccc3C2)c1. The second-order valence-corrected chi connectivity index (χ2v) is 5.20. The fourth-order valence-corrected chi connectivity index (χ4v) is 3.33. The summed E-state index contributed by atoms with van der Waals surface area (Å²) in [6.07, 6.45) is 3.80. The molecular formula is C14H14S. The highest BCUT2D eigenvalue weighted by atomic mass is 32.1. The molecule has 0 saturated carbocycles. The van der Waals surface area contributed by atoms with Gasteiger partial charge in [-0.3, -0.25) is 0 Å². The molecule has 0 fully saturated rings. The smallest absolute Gasteiger partial charge is 0.00796 e. The quantitative estimate of drug-likeness (QED) is 0.672. The fraction of sp³-hybridized carbons (Fsp3) is 0.286. The van der Waals surface area contributed by atoms with Crippen molar-refractivity contribution in [3.8, 4) is 0 Å². The molecule has 0 amide bonds. The van der Waals surface area contributed by atoms with Gasteiger partial charge in [0.1, 0.15) is 0 Å². The minimum Gasteiger partial charge on any atom is -0.149 e. The van der Waals surface area contributed by atoms with E-state index in [9.17, 15) is 0 Å². The van der Waals surface area contributed by atoms with E-state index in [-0.39, 0.29) is 0 Å². The van der Waals surface area contributed by atoms with E-state index in [0.717, 1.165) is 5.92 Å². The van der Waals surface area contributed by atoms with Crippen molar-refractivity contribution in [2.45, 2.75) is 25.2 Å². The lowest BCUT2D eigenvalue weighted by molar-refractivity contribution is 0.593. The minimum absolute atomic E-state index is 0.764. The van der Waals surface area contributed by atoms with Crippen molar-refractivity contribution < 1.29 is 0 Å². The first-order valence-electron chi connectivity index (χ1n) is 5.53. The van der Waals surface area contributed by atoms with Gasteiger partial charge in [-0.05, 0) is 47.8 Å². The minimum atomic E-state index is 0.764. The summed E-state index contributed by atoms with van der Waals surface area (Å²) in [5.74, 6) is 0.764. The maximum Gasteiger partial charge on any atom is 0.00796 e. The summed E-state index contributed by atoms with van der Waals surface area (Å²) in [6.45, 7) is 0. The number of rotatable bonds is 1. The van der Waals surface area contributed by atoms with Crippen LogP contribution in [0, 0.1) is 0 Å². The van der Waals surface area contributed by atoms with Crippen molar-refractivity contribution >= 4 is 11.3 Å². The molecule has 1 aromatic heterocycles. The van der Waals surface area contributed by atoms with Crippen molar-refractivity contribution in [3.05, 3.63) is 57.8 Å². The monoisotopic (exact) mass is 214 g/mol. The van der Waals surface area contributed by atoms with Crippen LogP contribution in [0.4, 0.5) is 0 Å². The normalized spacial score (nSPS) is 19.9. The zero-order chi connectivity index (χ0) is 10.1. The predicted molar refractivity (Wildman–Crippen MR) is 65.5 cm³/mol. The van der Waals surface area contributed by atoms with Gasteiger partial charge in [-0.2, -0.15) is 0 Å². The average Bonchev–Trinajstić information content (AvgIpc) is 2.82. The molecule has 0 N–H and O–H groups in total. The average molecular weight is 214 g/mol. The molecule has 15 heavy (non-hydrogen) atoms. The number of thiophene rings is 1. The van der Waals surface area contributed by atoms with Gasteiger partial charge in [0.15, 0.2) is 0 Å². The zero-order valence-electron chi connectivity index (χ0n) is 8.65. The topological polar surface area (TPSA) is 0 Å². The van der Waals surface area contributed by atoms with Gasteiger partial charge in [-0.15, -0.1) is 11.3 Å². The Bertz CT molecular complexity index is 442. The first-order valence-corrected chi connectivity index (χ1v) is 6.41. The molecule has 0 bridgehead atoms. The summed E-state index contributed by atoms with van der Waals surface area (Å²) < 4.78 is 0. The third kappa shape index (κ3) is 1.72. The summed E-state index contributed by atoms with van der Waals surface area (Å²) >= 11 is 1.90. The lowest BCUT2D eigenvalue weighted by Gasteiger charge is -2.23. The highest BCUT2D eigenvalue weighted by molar-refractivity contribution is 7.10. The van der Waals surface area contributed by atoms with E-state index in [2.05, 4.69) is 41.8 Å². The number of fused-ring (bicyclic) bond motifs is 1. The molecule has 1 heterocycles. The van der Waals surface area contributed by atoms with Gasteiger partial charge in [0.2, 0.25) is 0 Å². The molecule has 0 radical (unpaired) electrons. The first kappa shape index (κ1) is 9.17. The van der Waals surface area contributed by atoms with Gasteiger partial charge in [-0.25, -0.2) is 0 Å². The number of aryl methyl sites for hydroxylation is 1. The van der Waals surface area contributed by atoms with Crippen LogP contribution in [0.2, 0.25) is 0 Å². The van der Waals surface area contributed by atoms with E-state index < -0.39 is 0 Å². The van der Waals surface area contributed by atoms with E-state index in [1.165, 1.54) is 19.3 Å². The van der Waals surface area contributed by atoms with Crippen LogP contribution >= 0.6 is 11.3 Å². The van der Waals surface area contributed by atoms with Crippen molar-refractivity contribution in [2.24, 2.45) is 0 Å². The van der Waals surface area contributed by atoms with Crippen LogP contribution < -0.4 is 0 Å². The predicted octanol–water partition coefficient (Wildman–Crippen LogP) is 4.02. The Kier molecular flexibility index (Phi) is 2.34. The first-order chi connectivity index (χ1) is 7.43. The van der Waals surface area contributed by atoms with Crippen LogP contribution in [-0.2, 0) is 12.8 Å². The van der Waals surface area contributed by atoms with Gasteiger partial charge in [-0.1, -0.05) is 30.3 Å². The Hall–Kier alpha value is -1.08. The second-order valence-electron chi connectivity index (χ2n) is 4.22. The van der Waals surface area contributed by atoms with Crippen LogP contribution in [0.25, 0.3) is 0 Å². The number of benzene rings is 1. The summed E-state index contributed by atoms with van der Waals surface area (Å²) in [7, 11) is 0. The van der Waals surface area contributed by atoms with Crippen molar-refractivity contribution in [1.82, 2.24) is 0 Å². The highest BCUT2D eigenvalue weighted by Gasteiger charge is 2.19. The second kappa shape index (κ2) is 3.82. The summed E-state index contributed by atoms with van der Waals surface area (Å²) in [6, 6.07) is 13.3. The number of hydrogen-bond donors (Lipinski definition) is 0. The Morgan fingerprint density at radius 1 is 1.00 bits per heavy atom. The number of hydrogen-bond acceptors (Lipinski definition) is 1. The summed E-state index contributed by atoms with van der Waals surface area (Å²) in [4.78, 5) is 1.56. The zero-order valence-corrected chi connectivity index (χ0v) is 9.46. The van der Waals surface area contributed by atoms with E-state index in [4.69, 9.17) is 0 Å². The molecule has 1 aromatic carbocycles. The van der Waals surface area contributed by atoms with E-state index >= 15 is 0 Å². The lowest BCUT2D eigenvalue weighted by atomic mass is 9.83. The van der Waals surface area contributed by atoms with Crippen LogP contribution in [0.5, 0.6) is 0 Å². The largest absolute Gasteiger partial charge is 0.149 e. The molecule has 3 rings (SSSR count). The molecule has 1 aliphatic rings. The Balaban J connectivity index is 1.89. The van der Waals surface area contributed by atoms with Crippen molar-refractivity contribution in [3.63, 3.8) is 0 Å². The maximum absolute atomic E-state index is 2.29. The maximum atomic E-state index is 2.29. The van der Waals surface area contributed by atoms with Gasteiger partial charge in [0.25, 0.3) is 0 Å². The summed E-state index contributed by atoms with van der Waals surface area (Å²) in [5.41, 5.74) is 3.12. The lowest BCUT2D eigenvalue weighted by Crippen LogP contribution is -2.11. The Labute approximate surface area is 94.6 Å². The Morgan fingerprint density at radius 2 is 1.87 bits per heavy atom. The molecule has 2 aromatic rings. The van der Waals surface area contributed by atoms with E-state index in [1.54, 1.807) is 16.0 Å². The van der Waals surface area contributed by atoms with Gasteiger partial charge < -0.3 is 0 Å². The molecule has 1 unspecified atom stereocenters. The molecule has 0 spiro atoms. The molecular weight excluding hydrogens is 200 g/mol. The molecule has 0 nitrogen and oxygen atoms in total. The van der Waals surface area contributed by atoms with Gasteiger partial charge >= 0.3 is 0 Å². The van der Waals surface area contributed by atoms with Crippen LogP contribution in [-0.4, -0.2) is 0 Å². The molecule has 1 atom stereocenters. The van der Waals surface area contributed by atoms with Gasteiger partial charge in [0.05, 0.1) is 0 Å². The van der Waals surface area contributed by atoms with E-state index in [1.807, 2.05) is 11.3 Å². The molecule has 0 aliphatic heterocycles. The van der Waals surface area contributed by atoms with Gasteiger partial charge in [0, 0.05) is 4.88 Å². The standard InChI is InChI=1S/C14H14S/c1-2-5-12-10-13(8-7-11(12)4-1)14-6-3-9-15-14/h1-6,9,13H,7-8,10H2. The van der Waals surface area contributed by atoms with Crippen LogP contribution in [0.3, 0.4) is 0 Å². The molecule has 1 heteroatoms. The van der Waals surface area contributed by atoms with Crippen molar-refractivity contribution in [1.29, 1.82) is 0 Å².